The Morgan fingerprint density at radius 3 is 2.58 bits per heavy atom. The van der Waals surface area contributed by atoms with E-state index in [0.717, 1.165) is 36.3 Å². The second-order valence-corrected chi connectivity index (χ2v) is 7.91. The fraction of sp³-hybridized carbons (Fsp3) is 0.875. The Hall–Kier alpha value is -0.860. The molecule has 104 valence electrons. The molecule has 2 unspecified atom stereocenters. The molecule has 2 atom stereocenters. The molecule has 1 aromatic rings. The van der Waals surface area contributed by atoms with Gasteiger partial charge in [-0.25, -0.2) is 4.98 Å². The number of aromatic amines is 1. The molecular formula is C16H25N3. The van der Waals surface area contributed by atoms with Crippen molar-refractivity contribution in [1.29, 1.82) is 0 Å². The van der Waals surface area contributed by atoms with E-state index in [1.165, 1.54) is 38.5 Å². The van der Waals surface area contributed by atoms with Crippen LogP contribution in [0.3, 0.4) is 0 Å². The van der Waals surface area contributed by atoms with Gasteiger partial charge in [0.15, 0.2) is 5.82 Å². The summed E-state index contributed by atoms with van der Waals surface area (Å²) in [6.07, 6.45) is 10.6. The van der Waals surface area contributed by atoms with Gasteiger partial charge in [0, 0.05) is 11.8 Å². The lowest BCUT2D eigenvalue weighted by atomic mass is 9.44. The van der Waals surface area contributed by atoms with Gasteiger partial charge in [0.1, 0.15) is 5.82 Å². The van der Waals surface area contributed by atoms with Crippen LogP contribution in [0.15, 0.2) is 0 Å². The first-order chi connectivity index (χ1) is 9.11. The van der Waals surface area contributed by atoms with E-state index in [-0.39, 0.29) is 0 Å². The van der Waals surface area contributed by atoms with Crippen molar-refractivity contribution in [2.45, 2.75) is 70.6 Å². The van der Waals surface area contributed by atoms with Crippen molar-refractivity contribution in [3.05, 3.63) is 11.6 Å². The summed E-state index contributed by atoms with van der Waals surface area (Å²) in [4.78, 5) is 4.85. The van der Waals surface area contributed by atoms with Crippen molar-refractivity contribution in [3.8, 4) is 0 Å². The summed E-state index contributed by atoms with van der Waals surface area (Å²) in [5.74, 6) is 4.13. The summed E-state index contributed by atoms with van der Waals surface area (Å²) in [5.41, 5.74) is 0.900. The second-order valence-electron chi connectivity index (χ2n) is 7.91. The molecule has 5 rings (SSSR count). The Morgan fingerprint density at radius 1 is 1.21 bits per heavy atom. The predicted molar refractivity (Wildman–Crippen MR) is 74.8 cm³/mol. The molecule has 0 aromatic carbocycles. The second kappa shape index (κ2) is 3.83. The zero-order chi connectivity index (χ0) is 13.1. The van der Waals surface area contributed by atoms with Crippen LogP contribution in [-0.2, 0) is 11.8 Å². The SMILES string of the molecule is CCCc1nc(C23CC4CC(CC(C)(C4)C2)C3)n[nH]1. The quantitative estimate of drug-likeness (QED) is 0.901. The molecule has 4 saturated carbocycles. The molecule has 3 nitrogen and oxygen atoms in total. The number of aromatic nitrogens is 3. The summed E-state index contributed by atoms with van der Waals surface area (Å²) in [6.45, 7) is 4.72. The maximum absolute atomic E-state index is 4.85. The van der Waals surface area contributed by atoms with Crippen molar-refractivity contribution in [1.82, 2.24) is 15.2 Å². The van der Waals surface area contributed by atoms with E-state index < -0.39 is 0 Å². The fourth-order valence-corrected chi connectivity index (χ4v) is 5.86. The minimum absolute atomic E-state index is 0.321. The summed E-state index contributed by atoms with van der Waals surface area (Å²) in [6, 6.07) is 0. The van der Waals surface area contributed by atoms with Crippen LogP contribution in [0.4, 0.5) is 0 Å². The van der Waals surface area contributed by atoms with Crippen LogP contribution >= 0.6 is 0 Å². The van der Waals surface area contributed by atoms with Crippen molar-refractivity contribution < 1.29 is 0 Å². The minimum Gasteiger partial charge on any atom is -0.263 e. The van der Waals surface area contributed by atoms with Crippen molar-refractivity contribution >= 4 is 0 Å². The number of hydrogen-bond donors (Lipinski definition) is 1. The van der Waals surface area contributed by atoms with Crippen LogP contribution in [0.5, 0.6) is 0 Å². The van der Waals surface area contributed by atoms with Crippen LogP contribution in [-0.4, -0.2) is 15.2 Å². The zero-order valence-corrected chi connectivity index (χ0v) is 12.2. The van der Waals surface area contributed by atoms with E-state index in [9.17, 15) is 0 Å². The molecule has 1 N–H and O–H groups in total. The fourth-order valence-electron chi connectivity index (χ4n) is 5.86. The van der Waals surface area contributed by atoms with E-state index in [4.69, 9.17) is 4.98 Å². The molecule has 4 bridgehead atoms. The summed E-state index contributed by atoms with van der Waals surface area (Å²) in [7, 11) is 0. The summed E-state index contributed by atoms with van der Waals surface area (Å²) >= 11 is 0. The highest BCUT2D eigenvalue weighted by Crippen LogP contribution is 2.65. The Morgan fingerprint density at radius 2 is 1.95 bits per heavy atom. The van der Waals surface area contributed by atoms with Crippen LogP contribution in [0, 0.1) is 17.3 Å². The normalized spacial score (nSPS) is 43.9. The largest absolute Gasteiger partial charge is 0.263 e. The molecule has 0 saturated heterocycles. The third-order valence-corrected chi connectivity index (χ3v) is 5.85. The van der Waals surface area contributed by atoms with Crippen LogP contribution in [0.1, 0.15) is 70.4 Å². The molecule has 1 heterocycles. The maximum atomic E-state index is 4.85. The standard InChI is InChI=1S/C16H25N3/c1-3-4-13-17-14(19-18-13)16-8-11-5-12(9-16)7-15(2,6-11)10-16/h11-12H,3-10H2,1-2H3,(H,17,18,19). The average Bonchev–Trinajstić information content (AvgIpc) is 2.75. The number of hydrogen-bond acceptors (Lipinski definition) is 2. The van der Waals surface area contributed by atoms with Gasteiger partial charge in [0.05, 0.1) is 0 Å². The topological polar surface area (TPSA) is 41.6 Å². The molecule has 3 heteroatoms. The van der Waals surface area contributed by atoms with Crippen LogP contribution in [0.2, 0.25) is 0 Å². The lowest BCUT2D eigenvalue weighted by Gasteiger charge is -2.60. The number of nitrogens with one attached hydrogen (secondary N) is 1. The highest BCUT2D eigenvalue weighted by Gasteiger charge is 2.57. The lowest BCUT2D eigenvalue weighted by molar-refractivity contribution is -0.0647. The van der Waals surface area contributed by atoms with Crippen molar-refractivity contribution in [3.63, 3.8) is 0 Å². The van der Waals surface area contributed by atoms with E-state index in [2.05, 4.69) is 24.0 Å². The van der Waals surface area contributed by atoms with Gasteiger partial charge in [-0.15, -0.1) is 0 Å². The summed E-state index contributed by atoms with van der Waals surface area (Å²) < 4.78 is 0. The van der Waals surface area contributed by atoms with E-state index in [1.54, 1.807) is 0 Å². The third-order valence-electron chi connectivity index (χ3n) is 5.85. The highest BCUT2D eigenvalue weighted by atomic mass is 15.2. The molecular weight excluding hydrogens is 234 g/mol. The predicted octanol–water partition coefficient (Wildman–Crippen LogP) is 3.62. The van der Waals surface area contributed by atoms with E-state index >= 15 is 0 Å². The van der Waals surface area contributed by atoms with Gasteiger partial charge in [-0.2, -0.15) is 5.10 Å². The van der Waals surface area contributed by atoms with Gasteiger partial charge in [-0.1, -0.05) is 13.8 Å². The Labute approximate surface area is 115 Å². The number of rotatable bonds is 3. The Bertz CT molecular complexity index is 476. The monoisotopic (exact) mass is 259 g/mol. The molecule has 19 heavy (non-hydrogen) atoms. The maximum Gasteiger partial charge on any atom is 0.156 e. The molecule has 4 aliphatic rings. The average molecular weight is 259 g/mol. The van der Waals surface area contributed by atoms with Gasteiger partial charge >= 0.3 is 0 Å². The molecule has 1 aromatic heterocycles. The molecule has 4 aliphatic carbocycles. The van der Waals surface area contributed by atoms with Gasteiger partial charge < -0.3 is 0 Å². The number of H-pyrrole nitrogens is 1. The molecule has 0 amide bonds. The first-order valence-corrected chi connectivity index (χ1v) is 8.03. The van der Waals surface area contributed by atoms with Crippen molar-refractivity contribution in [2.75, 3.05) is 0 Å². The molecule has 0 radical (unpaired) electrons. The zero-order valence-electron chi connectivity index (χ0n) is 12.2. The Balaban J connectivity index is 1.69. The van der Waals surface area contributed by atoms with E-state index in [1.807, 2.05) is 0 Å². The van der Waals surface area contributed by atoms with Gasteiger partial charge in [-0.05, 0) is 62.2 Å². The van der Waals surface area contributed by atoms with Crippen molar-refractivity contribution in [2.24, 2.45) is 17.3 Å². The first kappa shape index (κ1) is 11.9. The first-order valence-electron chi connectivity index (χ1n) is 8.03. The van der Waals surface area contributed by atoms with Gasteiger partial charge in [0.25, 0.3) is 0 Å². The minimum atomic E-state index is 0.321. The van der Waals surface area contributed by atoms with E-state index in [0.29, 0.717) is 10.8 Å². The third kappa shape index (κ3) is 1.77. The molecule has 0 aliphatic heterocycles. The van der Waals surface area contributed by atoms with Crippen LogP contribution in [0.25, 0.3) is 0 Å². The smallest absolute Gasteiger partial charge is 0.156 e. The summed E-state index contributed by atoms with van der Waals surface area (Å²) in [5, 5.41) is 7.80. The lowest BCUT2D eigenvalue weighted by Crippen LogP contribution is -2.53. The van der Waals surface area contributed by atoms with Crippen LogP contribution < -0.4 is 0 Å². The Kier molecular flexibility index (Phi) is 2.40. The highest BCUT2D eigenvalue weighted by molar-refractivity contribution is 5.19. The number of nitrogens with zero attached hydrogens (tertiary/aromatic N) is 2. The van der Waals surface area contributed by atoms with Gasteiger partial charge in [-0.3, -0.25) is 5.10 Å². The van der Waals surface area contributed by atoms with Gasteiger partial charge in [0.2, 0.25) is 0 Å². The number of aryl methyl sites for hydroxylation is 1. The molecule has 4 fully saturated rings. The molecule has 0 spiro atoms.